The highest BCUT2D eigenvalue weighted by molar-refractivity contribution is 7.92. The Kier molecular flexibility index (Phi) is 7.22. The van der Waals surface area contributed by atoms with E-state index in [0.717, 1.165) is 56.0 Å². The molecule has 0 spiro atoms. The molecule has 0 atom stereocenters. The number of methoxy groups -OCH3 is 2. The highest BCUT2D eigenvalue weighted by Crippen LogP contribution is 2.41. The molecule has 2 fully saturated rings. The lowest BCUT2D eigenvalue weighted by Gasteiger charge is -2.41. The first-order chi connectivity index (χ1) is 17.9. The van der Waals surface area contributed by atoms with Crippen LogP contribution in [0.2, 0.25) is 0 Å². The van der Waals surface area contributed by atoms with Crippen molar-refractivity contribution < 1.29 is 22.6 Å². The van der Waals surface area contributed by atoms with E-state index >= 15 is 0 Å². The second-order valence-electron chi connectivity index (χ2n) is 9.32. The third-order valence-corrected chi connectivity index (χ3v) is 8.14. The van der Waals surface area contributed by atoms with Crippen LogP contribution in [0.4, 0.5) is 11.4 Å². The SMILES string of the molecule is COc1cc(-c2cncc(NC3CCN(C4COC4)CC3)c2)cc(NS(=O)(=O)c2cnn(C)c2)c1OC. The van der Waals surface area contributed by atoms with Gasteiger partial charge < -0.3 is 19.5 Å². The molecule has 2 aliphatic heterocycles. The van der Waals surface area contributed by atoms with Crippen LogP contribution in [0.1, 0.15) is 12.8 Å². The maximum atomic E-state index is 13.0. The van der Waals surface area contributed by atoms with Gasteiger partial charge in [0.05, 0.1) is 51.0 Å². The van der Waals surface area contributed by atoms with Crippen LogP contribution < -0.4 is 19.5 Å². The predicted molar refractivity (Wildman–Crippen MR) is 140 cm³/mol. The van der Waals surface area contributed by atoms with Gasteiger partial charge in [0.25, 0.3) is 10.0 Å². The van der Waals surface area contributed by atoms with E-state index in [4.69, 9.17) is 14.2 Å². The number of benzene rings is 1. The molecule has 0 radical (unpaired) electrons. The summed E-state index contributed by atoms with van der Waals surface area (Å²) in [5.74, 6) is 0.680. The van der Waals surface area contributed by atoms with Gasteiger partial charge in [-0.3, -0.25) is 19.3 Å². The Balaban J connectivity index is 1.37. The van der Waals surface area contributed by atoms with Crippen LogP contribution in [-0.4, -0.2) is 80.7 Å². The zero-order valence-electron chi connectivity index (χ0n) is 21.2. The van der Waals surface area contributed by atoms with E-state index in [1.807, 2.05) is 12.3 Å². The van der Waals surface area contributed by atoms with Crippen molar-refractivity contribution in [2.45, 2.75) is 29.8 Å². The fourth-order valence-electron chi connectivity index (χ4n) is 4.70. The smallest absolute Gasteiger partial charge is 0.265 e. The third-order valence-electron chi connectivity index (χ3n) is 6.82. The Hall–Kier alpha value is -3.35. The van der Waals surface area contributed by atoms with Gasteiger partial charge in [-0.25, -0.2) is 8.42 Å². The zero-order chi connectivity index (χ0) is 26.0. The minimum Gasteiger partial charge on any atom is -0.493 e. The van der Waals surface area contributed by atoms with Gasteiger partial charge in [-0.2, -0.15) is 5.10 Å². The summed E-state index contributed by atoms with van der Waals surface area (Å²) in [6, 6.07) is 6.47. The van der Waals surface area contributed by atoms with E-state index in [9.17, 15) is 8.42 Å². The van der Waals surface area contributed by atoms with Crippen LogP contribution >= 0.6 is 0 Å². The number of sulfonamides is 1. The van der Waals surface area contributed by atoms with E-state index in [2.05, 4.69) is 25.0 Å². The molecule has 0 bridgehead atoms. The number of ether oxygens (including phenoxy) is 3. The molecule has 1 aromatic carbocycles. The van der Waals surface area contributed by atoms with Crippen molar-refractivity contribution in [2.75, 3.05) is 50.6 Å². The molecular formula is C25H32N6O5S. The van der Waals surface area contributed by atoms with Gasteiger partial charge in [-0.1, -0.05) is 0 Å². The van der Waals surface area contributed by atoms with Crippen LogP contribution in [0, 0.1) is 0 Å². The highest BCUT2D eigenvalue weighted by atomic mass is 32.2. The summed E-state index contributed by atoms with van der Waals surface area (Å²) in [5, 5.41) is 7.58. The number of aryl methyl sites for hydroxylation is 1. The van der Waals surface area contributed by atoms with Crippen LogP contribution in [0.25, 0.3) is 11.1 Å². The lowest BCUT2D eigenvalue weighted by atomic mass is 10.0. The standard InChI is InChI=1S/C25H32N6O5S/c1-30-14-22(13-27-30)37(32,33)29-23-9-17(10-24(34-2)25(23)35-3)18-8-20(12-26-11-18)28-19-4-6-31(7-5-19)21-15-36-16-21/h8-14,19,21,28-29H,4-7,15-16H2,1-3H3. The maximum absolute atomic E-state index is 13.0. The molecule has 12 heteroatoms. The number of nitrogens with one attached hydrogen (secondary N) is 2. The quantitative estimate of drug-likeness (QED) is 0.432. The fraction of sp³-hybridized carbons (Fsp3) is 0.440. The molecule has 0 amide bonds. The number of likely N-dealkylation sites (tertiary alicyclic amines) is 1. The predicted octanol–water partition coefficient (Wildman–Crippen LogP) is 2.58. The van der Waals surface area contributed by atoms with Gasteiger partial charge in [0.2, 0.25) is 0 Å². The number of nitrogens with zero attached hydrogens (tertiary/aromatic N) is 4. The monoisotopic (exact) mass is 528 g/mol. The molecule has 4 heterocycles. The first-order valence-electron chi connectivity index (χ1n) is 12.2. The fourth-order valence-corrected chi connectivity index (χ4v) is 5.74. The Morgan fingerprint density at radius 1 is 1.03 bits per heavy atom. The number of hydrogen-bond donors (Lipinski definition) is 2. The summed E-state index contributed by atoms with van der Waals surface area (Å²) >= 11 is 0. The minimum atomic E-state index is -3.89. The van der Waals surface area contributed by atoms with Crippen molar-refractivity contribution >= 4 is 21.4 Å². The molecule has 2 N–H and O–H groups in total. The van der Waals surface area contributed by atoms with E-state index in [1.165, 1.54) is 31.3 Å². The van der Waals surface area contributed by atoms with Gasteiger partial charge in [0, 0.05) is 50.3 Å². The lowest BCUT2D eigenvalue weighted by molar-refractivity contribution is -0.0705. The normalized spacial score (nSPS) is 17.3. The summed E-state index contributed by atoms with van der Waals surface area (Å²) in [6.07, 6.45) is 8.38. The average Bonchev–Trinajstić information content (AvgIpc) is 3.31. The molecule has 0 saturated carbocycles. The number of pyridine rings is 1. The van der Waals surface area contributed by atoms with Crippen molar-refractivity contribution in [2.24, 2.45) is 7.05 Å². The van der Waals surface area contributed by atoms with Crippen LogP contribution in [0.5, 0.6) is 11.5 Å². The summed E-state index contributed by atoms with van der Waals surface area (Å²) in [6.45, 7) is 3.79. The summed E-state index contributed by atoms with van der Waals surface area (Å²) in [4.78, 5) is 6.99. The number of piperidine rings is 1. The largest absolute Gasteiger partial charge is 0.493 e. The molecule has 0 unspecified atom stereocenters. The number of aromatic nitrogens is 3. The third kappa shape index (κ3) is 5.50. The molecule has 0 aliphatic carbocycles. The Labute approximate surface area is 216 Å². The lowest BCUT2D eigenvalue weighted by Crippen LogP contribution is -2.53. The van der Waals surface area contributed by atoms with Gasteiger partial charge in [0.15, 0.2) is 11.5 Å². The average molecular weight is 529 g/mol. The van der Waals surface area contributed by atoms with Gasteiger partial charge >= 0.3 is 0 Å². The van der Waals surface area contributed by atoms with Crippen LogP contribution in [-0.2, 0) is 21.8 Å². The first-order valence-corrected chi connectivity index (χ1v) is 13.7. The maximum Gasteiger partial charge on any atom is 0.265 e. The highest BCUT2D eigenvalue weighted by Gasteiger charge is 2.29. The molecule has 11 nitrogen and oxygen atoms in total. The molecular weight excluding hydrogens is 496 g/mol. The number of rotatable bonds is 9. The second kappa shape index (κ2) is 10.6. The second-order valence-corrected chi connectivity index (χ2v) is 11.0. The van der Waals surface area contributed by atoms with Crippen LogP contribution in [0.3, 0.4) is 0 Å². The molecule has 2 saturated heterocycles. The van der Waals surface area contributed by atoms with E-state index < -0.39 is 10.0 Å². The topological polar surface area (TPSA) is 120 Å². The molecule has 5 rings (SSSR count). The zero-order valence-corrected chi connectivity index (χ0v) is 22.0. The van der Waals surface area contributed by atoms with Crippen molar-refractivity contribution in [3.8, 4) is 22.6 Å². The minimum absolute atomic E-state index is 0.0465. The molecule has 2 aromatic heterocycles. The van der Waals surface area contributed by atoms with E-state index in [0.29, 0.717) is 17.8 Å². The number of hydrogen-bond acceptors (Lipinski definition) is 9. The summed E-state index contributed by atoms with van der Waals surface area (Å²) in [7, 11) is 0.743. The van der Waals surface area contributed by atoms with E-state index in [1.54, 1.807) is 25.4 Å². The Bertz CT molecular complexity index is 1350. The Morgan fingerprint density at radius 2 is 1.81 bits per heavy atom. The van der Waals surface area contributed by atoms with Gasteiger partial charge in [0.1, 0.15) is 4.90 Å². The van der Waals surface area contributed by atoms with Crippen molar-refractivity contribution in [3.63, 3.8) is 0 Å². The first kappa shape index (κ1) is 25.3. The molecule has 2 aliphatic rings. The number of anilines is 2. The van der Waals surface area contributed by atoms with Crippen LogP contribution in [0.15, 0.2) is 47.9 Å². The van der Waals surface area contributed by atoms with Gasteiger partial charge in [-0.05, 0) is 36.6 Å². The molecule has 3 aromatic rings. The van der Waals surface area contributed by atoms with E-state index in [-0.39, 0.29) is 16.3 Å². The molecule has 37 heavy (non-hydrogen) atoms. The summed E-state index contributed by atoms with van der Waals surface area (Å²) < 4.78 is 46.4. The van der Waals surface area contributed by atoms with Crippen molar-refractivity contribution in [1.82, 2.24) is 19.7 Å². The Morgan fingerprint density at radius 3 is 2.43 bits per heavy atom. The van der Waals surface area contributed by atoms with Gasteiger partial charge in [-0.15, -0.1) is 0 Å². The van der Waals surface area contributed by atoms with Crippen molar-refractivity contribution in [3.05, 3.63) is 43.0 Å². The summed E-state index contributed by atoms with van der Waals surface area (Å²) in [5.41, 5.74) is 2.72. The molecule has 198 valence electrons. The van der Waals surface area contributed by atoms with Crippen molar-refractivity contribution in [1.29, 1.82) is 0 Å².